The first-order valence-corrected chi connectivity index (χ1v) is 31.4. The lowest BCUT2D eigenvalue weighted by molar-refractivity contribution is 0.569. The van der Waals surface area contributed by atoms with Crippen molar-refractivity contribution < 1.29 is 0 Å². The zero-order chi connectivity index (χ0) is 61.0. The zero-order valence-electron chi connectivity index (χ0n) is 52.5. The Labute approximate surface area is 522 Å². The van der Waals surface area contributed by atoms with Gasteiger partial charge in [0.15, 0.2) is 0 Å². The van der Waals surface area contributed by atoms with Crippen LogP contribution >= 0.6 is 0 Å². The van der Waals surface area contributed by atoms with Crippen molar-refractivity contribution in [3.05, 3.63) is 358 Å². The van der Waals surface area contributed by atoms with Gasteiger partial charge in [0.25, 0.3) is 0 Å². The minimum Gasteiger partial charge on any atom is -0.340 e. The summed E-state index contributed by atoms with van der Waals surface area (Å²) in [5.74, 6) is 0. The van der Waals surface area contributed by atoms with Crippen LogP contribution in [-0.2, 0) is 47.6 Å². The predicted octanol–water partition coefficient (Wildman–Crippen LogP) is 21.9. The van der Waals surface area contributed by atoms with Crippen molar-refractivity contribution in [3.8, 4) is 0 Å². The molecule has 0 aromatic heterocycles. The van der Waals surface area contributed by atoms with Gasteiger partial charge in [0.1, 0.15) is 0 Å². The Balaban J connectivity index is 0.837. The minimum absolute atomic E-state index is 0.291. The Bertz CT molecular complexity index is 4350. The first-order valence-electron chi connectivity index (χ1n) is 31.4. The first kappa shape index (κ1) is 57.6. The fourth-order valence-electron chi connectivity index (χ4n) is 15.4. The molecule has 2 heteroatoms. The molecule has 13 rings (SSSR count). The molecule has 0 aliphatic carbocycles. The lowest BCUT2D eigenvalue weighted by Gasteiger charge is -2.34. The molecule has 0 spiro atoms. The van der Waals surface area contributed by atoms with Crippen LogP contribution in [0.3, 0.4) is 0 Å². The molecule has 0 saturated heterocycles. The molecule has 11 aromatic rings. The maximum absolute atomic E-state index is 4.92. The topological polar surface area (TPSA) is 6.48 Å². The van der Waals surface area contributed by atoms with Crippen molar-refractivity contribution in [2.75, 3.05) is 9.80 Å². The standard InChI is InChI=1S/C86H80N2/c1-59-43-49-67-33-17-21-37-71(67)79(59)85(9,55-63-29-13-11-14-30-63)61(3)27-25-41-77-83(5,6)81-73-39-23-19-35-69(73)51-53-75(81)87(77)57-65-45-47-66(48-46-65)58-88-76-54-52-70-36-20-24-40-74(70)82(76)84(7,8)78(88)42-26-28-62(4)86(10,56-64-31-15-12-16-32-64)80-60(2)44-50-68-34-18-22-38-72(68)80/h11-54H,3-4,55-58H2,1-2,5-10H3/b27-25+,28-26+,77-41+,78-42+. The molecule has 0 saturated carbocycles. The highest BCUT2D eigenvalue weighted by molar-refractivity contribution is 5.97. The molecule has 2 nitrogen and oxygen atoms in total. The number of rotatable bonds is 16. The van der Waals surface area contributed by atoms with E-state index in [2.05, 4.69) is 332 Å². The normalized spacial score (nSPS) is 16.7. The molecule has 2 heterocycles. The van der Waals surface area contributed by atoms with Gasteiger partial charge in [-0.25, -0.2) is 0 Å². The average molecular weight is 1140 g/mol. The Morgan fingerprint density at radius 1 is 0.375 bits per heavy atom. The molecule has 2 unspecified atom stereocenters. The number of fused-ring (bicyclic) bond motifs is 8. The van der Waals surface area contributed by atoms with Crippen LogP contribution in [0.5, 0.6) is 0 Å². The lowest BCUT2D eigenvalue weighted by Crippen LogP contribution is -2.28. The van der Waals surface area contributed by atoms with Crippen LogP contribution in [0.25, 0.3) is 43.1 Å². The van der Waals surface area contributed by atoms with Gasteiger partial charge in [-0.05, 0) is 161 Å². The number of benzene rings is 11. The summed E-state index contributed by atoms with van der Waals surface area (Å²) < 4.78 is 0. The summed E-state index contributed by atoms with van der Waals surface area (Å²) in [6, 6.07) is 85.0. The lowest BCUT2D eigenvalue weighted by atomic mass is 9.69. The van der Waals surface area contributed by atoms with Crippen molar-refractivity contribution >= 4 is 54.5 Å². The van der Waals surface area contributed by atoms with E-state index in [0.717, 1.165) is 37.1 Å². The Hall–Kier alpha value is -9.50. The molecule has 2 aliphatic heterocycles. The summed E-state index contributed by atoms with van der Waals surface area (Å²) in [5.41, 5.74) is 18.9. The molecular weight excluding hydrogens is 1060 g/mol. The van der Waals surface area contributed by atoms with Crippen LogP contribution in [-0.4, -0.2) is 0 Å². The fourth-order valence-corrected chi connectivity index (χ4v) is 15.4. The van der Waals surface area contributed by atoms with Gasteiger partial charge in [-0.1, -0.05) is 297 Å². The number of hydrogen-bond donors (Lipinski definition) is 0. The van der Waals surface area contributed by atoms with Crippen LogP contribution < -0.4 is 9.80 Å². The van der Waals surface area contributed by atoms with E-state index in [4.69, 9.17) is 13.2 Å². The van der Waals surface area contributed by atoms with E-state index in [1.165, 1.54) is 121 Å². The Morgan fingerprint density at radius 2 is 0.693 bits per heavy atom. The molecule has 0 radical (unpaired) electrons. The van der Waals surface area contributed by atoms with Crippen molar-refractivity contribution in [1.82, 2.24) is 0 Å². The largest absolute Gasteiger partial charge is 0.340 e. The van der Waals surface area contributed by atoms with Crippen molar-refractivity contribution in [2.24, 2.45) is 0 Å². The number of anilines is 2. The molecule has 88 heavy (non-hydrogen) atoms. The average Bonchev–Trinajstić information content (AvgIpc) is 1.68. The summed E-state index contributed by atoms with van der Waals surface area (Å²) in [7, 11) is 0. The molecule has 0 amide bonds. The number of aryl methyl sites for hydroxylation is 2. The molecule has 0 N–H and O–H groups in total. The summed E-state index contributed by atoms with van der Waals surface area (Å²) in [4.78, 5) is 5.14. The van der Waals surface area contributed by atoms with E-state index in [-0.39, 0.29) is 21.7 Å². The zero-order valence-corrected chi connectivity index (χ0v) is 52.5. The highest BCUT2D eigenvalue weighted by Crippen LogP contribution is 2.54. The van der Waals surface area contributed by atoms with Gasteiger partial charge in [0.05, 0.1) is 0 Å². The molecular formula is C86H80N2. The second-order valence-electron chi connectivity index (χ2n) is 26.4. The fraction of sp³-hybridized carbons (Fsp3) is 0.186. The highest BCUT2D eigenvalue weighted by Gasteiger charge is 2.43. The van der Waals surface area contributed by atoms with Crippen molar-refractivity contribution in [2.45, 2.75) is 103 Å². The van der Waals surface area contributed by atoms with E-state index >= 15 is 0 Å². The molecule has 0 fully saturated rings. The number of hydrogen-bond acceptors (Lipinski definition) is 2. The van der Waals surface area contributed by atoms with Crippen LogP contribution in [0.2, 0.25) is 0 Å². The van der Waals surface area contributed by atoms with Crippen molar-refractivity contribution in [3.63, 3.8) is 0 Å². The maximum Gasteiger partial charge on any atom is 0.0479 e. The minimum atomic E-state index is -0.376. The molecule has 11 aromatic carbocycles. The van der Waals surface area contributed by atoms with Crippen LogP contribution in [0.1, 0.15) is 97.2 Å². The molecule has 0 bridgehead atoms. The highest BCUT2D eigenvalue weighted by atomic mass is 15.2. The van der Waals surface area contributed by atoms with Gasteiger partial charge in [-0.3, -0.25) is 0 Å². The monoisotopic (exact) mass is 1140 g/mol. The summed E-state index contributed by atoms with van der Waals surface area (Å²) in [6.45, 7) is 30.2. The van der Waals surface area contributed by atoms with Crippen LogP contribution in [0.4, 0.5) is 11.4 Å². The van der Waals surface area contributed by atoms with Crippen LogP contribution in [0, 0.1) is 13.8 Å². The smallest absolute Gasteiger partial charge is 0.0479 e. The third-order valence-electron chi connectivity index (χ3n) is 19.9. The first-order chi connectivity index (χ1) is 42.5. The Kier molecular flexibility index (Phi) is 15.0. The summed E-state index contributed by atoms with van der Waals surface area (Å²) in [5, 5.41) is 10.2. The van der Waals surface area contributed by atoms with Crippen molar-refractivity contribution in [1.29, 1.82) is 0 Å². The molecule has 2 aliphatic rings. The number of nitrogens with zero attached hydrogens (tertiary/aromatic N) is 2. The van der Waals surface area contributed by atoms with Crippen LogP contribution in [0.15, 0.2) is 303 Å². The van der Waals surface area contributed by atoms with Gasteiger partial charge < -0.3 is 9.80 Å². The second-order valence-corrected chi connectivity index (χ2v) is 26.4. The van der Waals surface area contributed by atoms with E-state index in [0.29, 0.717) is 0 Å². The summed E-state index contributed by atoms with van der Waals surface area (Å²) in [6.07, 6.45) is 15.5. The third-order valence-corrected chi connectivity index (χ3v) is 19.9. The van der Waals surface area contributed by atoms with Gasteiger partial charge in [-0.2, -0.15) is 0 Å². The SMILES string of the molecule is C=C(/C=C/C=C1/N(Cc2ccc(CN3/C(=C/C=C/C(=C)C(C)(Cc4ccccc4)c4c(C)ccc5ccccc45)C(C)(C)c4c3ccc3ccccc43)cc2)c2ccc3ccccc3c2C1(C)C)C(C)(Cc1ccccc1)c1c(C)ccc2ccccc12. The number of allylic oxidation sites excluding steroid dienone is 10. The van der Waals surface area contributed by atoms with E-state index in [1.807, 2.05) is 0 Å². The predicted molar refractivity (Wildman–Crippen MR) is 378 cm³/mol. The summed E-state index contributed by atoms with van der Waals surface area (Å²) >= 11 is 0. The van der Waals surface area contributed by atoms with Gasteiger partial charge in [-0.15, -0.1) is 0 Å². The van der Waals surface area contributed by atoms with E-state index in [9.17, 15) is 0 Å². The Morgan fingerprint density at radius 3 is 1.07 bits per heavy atom. The van der Waals surface area contributed by atoms with E-state index < -0.39 is 0 Å². The van der Waals surface area contributed by atoms with Gasteiger partial charge in [0, 0.05) is 57.5 Å². The third kappa shape index (κ3) is 10.2. The van der Waals surface area contributed by atoms with E-state index in [1.54, 1.807) is 0 Å². The second kappa shape index (κ2) is 23.0. The molecule has 434 valence electrons. The van der Waals surface area contributed by atoms with Gasteiger partial charge in [0.2, 0.25) is 0 Å². The van der Waals surface area contributed by atoms with Gasteiger partial charge >= 0.3 is 0 Å². The molecule has 2 atom stereocenters. The maximum atomic E-state index is 4.92. The quantitative estimate of drug-likeness (QED) is 0.0890.